The van der Waals surface area contributed by atoms with Gasteiger partial charge in [0.05, 0.1) is 18.8 Å². The number of aliphatic hydroxyl groups excluding tert-OH is 1. The number of methoxy groups -OCH3 is 1. The lowest BCUT2D eigenvalue weighted by molar-refractivity contribution is 0.0619. The van der Waals surface area contributed by atoms with Crippen molar-refractivity contribution in [2.24, 2.45) is 0 Å². The third kappa shape index (κ3) is 3.74. The van der Waals surface area contributed by atoms with Crippen molar-refractivity contribution in [2.75, 3.05) is 20.2 Å². The molecule has 0 bridgehead atoms. The zero-order valence-electron chi connectivity index (χ0n) is 13.7. The molecule has 0 aromatic heterocycles. The quantitative estimate of drug-likeness (QED) is 0.865. The van der Waals surface area contributed by atoms with Crippen LogP contribution in [0.3, 0.4) is 0 Å². The highest BCUT2D eigenvalue weighted by molar-refractivity contribution is 5.94. The highest BCUT2D eigenvalue weighted by Crippen LogP contribution is 2.27. The maximum atomic E-state index is 12.5. The van der Waals surface area contributed by atoms with Crippen molar-refractivity contribution in [1.82, 2.24) is 10.2 Å². The van der Waals surface area contributed by atoms with Gasteiger partial charge in [-0.1, -0.05) is 12.1 Å². The van der Waals surface area contributed by atoms with Gasteiger partial charge in [0.1, 0.15) is 0 Å². The molecule has 1 heterocycles. The summed E-state index contributed by atoms with van der Waals surface area (Å²) >= 11 is 0. The van der Waals surface area contributed by atoms with Crippen LogP contribution < -0.4 is 5.32 Å². The molecule has 1 saturated carbocycles. The van der Waals surface area contributed by atoms with Crippen LogP contribution in [0.1, 0.15) is 41.6 Å². The summed E-state index contributed by atoms with van der Waals surface area (Å²) < 4.78 is 5.11. The molecule has 2 fully saturated rings. The van der Waals surface area contributed by atoms with E-state index in [0.29, 0.717) is 12.2 Å². The van der Waals surface area contributed by atoms with E-state index in [0.717, 1.165) is 31.5 Å². The highest BCUT2D eigenvalue weighted by Gasteiger charge is 2.39. The molecule has 0 unspecified atom stereocenters. The number of aliphatic hydroxyl groups is 1. The summed E-state index contributed by atoms with van der Waals surface area (Å²) in [6, 6.07) is 7.49. The number of hydrogen-bond acceptors (Lipinski definition) is 4. The first-order valence-corrected chi connectivity index (χ1v) is 8.50. The van der Waals surface area contributed by atoms with Gasteiger partial charge in [0.15, 0.2) is 0 Å². The number of benzene rings is 1. The molecule has 1 aromatic rings. The molecule has 5 heteroatoms. The Hall–Kier alpha value is -1.43. The second-order valence-electron chi connectivity index (χ2n) is 6.59. The van der Waals surface area contributed by atoms with Crippen molar-refractivity contribution in [1.29, 1.82) is 0 Å². The molecule has 3 atom stereocenters. The lowest BCUT2D eigenvalue weighted by Crippen LogP contribution is -2.47. The van der Waals surface area contributed by atoms with Crippen molar-refractivity contribution < 1.29 is 14.6 Å². The van der Waals surface area contributed by atoms with Crippen LogP contribution in [0.2, 0.25) is 0 Å². The Kier molecular flexibility index (Phi) is 5.30. The smallest absolute Gasteiger partial charge is 0.251 e. The third-order valence-electron chi connectivity index (χ3n) is 5.01. The largest absolute Gasteiger partial charge is 0.389 e. The Morgan fingerprint density at radius 1 is 1.35 bits per heavy atom. The molecule has 1 aliphatic heterocycles. The molecule has 1 aliphatic carbocycles. The van der Waals surface area contributed by atoms with Crippen LogP contribution in [-0.2, 0) is 11.3 Å². The minimum Gasteiger partial charge on any atom is -0.389 e. The Bertz CT molecular complexity index is 543. The summed E-state index contributed by atoms with van der Waals surface area (Å²) in [4.78, 5) is 14.8. The number of nitrogens with zero attached hydrogens (tertiary/aromatic N) is 1. The summed E-state index contributed by atoms with van der Waals surface area (Å²) in [6.45, 7) is 2.63. The Morgan fingerprint density at radius 3 is 2.87 bits per heavy atom. The van der Waals surface area contributed by atoms with Gasteiger partial charge in [-0.25, -0.2) is 0 Å². The number of likely N-dealkylation sites (tertiary alicyclic amines) is 1. The molecular weight excluding hydrogens is 292 g/mol. The number of nitrogens with one attached hydrogen (secondary N) is 1. The molecule has 23 heavy (non-hydrogen) atoms. The number of rotatable bonds is 5. The van der Waals surface area contributed by atoms with Gasteiger partial charge in [-0.05, 0) is 56.5 Å². The summed E-state index contributed by atoms with van der Waals surface area (Å²) in [5.41, 5.74) is 1.60. The summed E-state index contributed by atoms with van der Waals surface area (Å²) in [5.74, 6) is -0.117. The van der Waals surface area contributed by atoms with E-state index in [-0.39, 0.29) is 18.0 Å². The van der Waals surface area contributed by atoms with Gasteiger partial charge in [0.25, 0.3) is 5.91 Å². The van der Waals surface area contributed by atoms with Gasteiger partial charge in [-0.15, -0.1) is 0 Å². The number of amides is 1. The van der Waals surface area contributed by atoms with Gasteiger partial charge >= 0.3 is 0 Å². The monoisotopic (exact) mass is 318 g/mol. The zero-order chi connectivity index (χ0) is 16.2. The van der Waals surface area contributed by atoms with Crippen molar-refractivity contribution in [3.63, 3.8) is 0 Å². The van der Waals surface area contributed by atoms with Crippen molar-refractivity contribution >= 4 is 5.91 Å². The van der Waals surface area contributed by atoms with Gasteiger partial charge < -0.3 is 15.2 Å². The first-order chi connectivity index (χ1) is 11.2. The number of carbonyl (C=O) groups excluding carboxylic acids is 1. The average Bonchev–Trinajstić information content (AvgIpc) is 3.19. The van der Waals surface area contributed by atoms with Crippen molar-refractivity contribution in [3.8, 4) is 0 Å². The topological polar surface area (TPSA) is 61.8 Å². The molecule has 2 aliphatic rings. The van der Waals surface area contributed by atoms with Crippen LogP contribution in [-0.4, -0.2) is 54.3 Å². The van der Waals surface area contributed by atoms with E-state index in [2.05, 4.69) is 10.2 Å². The third-order valence-corrected chi connectivity index (χ3v) is 5.01. The maximum absolute atomic E-state index is 12.5. The van der Waals surface area contributed by atoms with Gasteiger partial charge in [-0.2, -0.15) is 0 Å². The van der Waals surface area contributed by atoms with Crippen LogP contribution in [0.4, 0.5) is 0 Å². The van der Waals surface area contributed by atoms with E-state index < -0.39 is 6.10 Å². The Labute approximate surface area is 137 Å². The van der Waals surface area contributed by atoms with E-state index in [1.54, 1.807) is 13.2 Å². The lowest BCUT2D eigenvalue weighted by Gasteiger charge is -2.28. The Morgan fingerprint density at radius 2 is 2.13 bits per heavy atom. The standard InChI is InChI=1S/C18H26N2O3/c1-23-12-13-5-4-6-14(11-13)18(22)19-15-7-8-16(17(15)21)20-9-2-3-10-20/h4-6,11,15-17,21H,2-3,7-10,12H2,1H3,(H,19,22)/t15-,16-,17-/m1/s1. The second-order valence-corrected chi connectivity index (χ2v) is 6.59. The second kappa shape index (κ2) is 7.43. The van der Waals surface area contributed by atoms with Crippen LogP contribution in [0.5, 0.6) is 0 Å². The van der Waals surface area contributed by atoms with Crippen LogP contribution >= 0.6 is 0 Å². The fourth-order valence-electron chi connectivity index (χ4n) is 3.81. The first-order valence-electron chi connectivity index (χ1n) is 8.50. The van der Waals surface area contributed by atoms with E-state index in [1.165, 1.54) is 12.8 Å². The van der Waals surface area contributed by atoms with Gasteiger partial charge in [-0.3, -0.25) is 9.69 Å². The van der Waals surface area contributed by atoms with Crippen molar-refractivity contribution in [3.05, 3.63) is 35.4 Å². The predicted octanol–water partition coefficient (Wildman–Crippen LogP) is 1.55. The minimum absolute atomic E-state index is 0.117. The van der Waals surface area contributed by atoms with E-state index in [4.69, 9.17) is 4.74 Å². The number of hydrogen-bond donors (Lipinski definition) is 2. The van der Waals surface area contributed by atoms with E-state index in [1.807, 2.05) is 18.2 Å². The highest BCUT2D eigenvalue weighted by atomic mass is 16.5. The average molecular weight is 318 g/mol. The zero-order valence-corrected chi connectivity index (χ0v) is 13.7. The Balaban J connectivity index is 1.60. The molecule has 1 saturated heterocycles. The molecule has 2 N–H and O–H groups in total. The number of ether oxygens (including phenoxy) is 1. The molecule has 3 rings (SSSR count). The SMILES string of the molecule is COCc1cccc(C(=O)N[C@@H]2CC[C@@H](N3CCCC3)[C@@H]2O)c1. The van der Waals surface area contributed by atoms with Crippen LogP contribution in [0.25, 0.3) is 0 Å². The van der Waals surface area contributed by atoms with E-state index in [9.17, 15) is 9.90 Å². The van der Waals surface area contributed by atoms with Gasteiger partial charge in [0.2, 0.25) is 0 Å². The van der Waals surface area contributed by atoms with Crippen LogP contribution in [0.15, 0.2) is 24.3 Å². The summed E-state index contributed by atoms with van der Waals surface area (Å²) in [6.07, 6.45) is 3.75. The molecule has 0 spiro atoms. The normalized spacial score (nSPS) is 28.2. The van der Waals surface area contributed by atoms with E-state index >= 15 is 0 Å². The number of carbonyl (C=O) groups is 1. The molecule has 5 nitrogen and oxygen atoms in total. The maximum Gasteiger partial charge on any atom is 0.251 e. The summed E-state index contributed by atoms with van der Waals surface area (Å²) in [5, 5.41) is 13.6. The van der Waals surface area contributed by atoms with Crippen molar-refractivity contribution in [2.45, 2.75) is 50.5 Å². The van der Waals surface area contributed by atoms with Crippen LogP contribution in [0, 0.1) is 0 Å². The molecule has 1 amide bonds. The van der Waals surface area contributed by atoms with Gasteiger partial charge in [0, 0.05) is 18.7 Å². The molecule has 1 aromatic carbocycles. The lowest BCUT2D eigenvalue weighted by atomic mass is 10.1. The molecule has 0 radical (unpaired) electrons. The predicted molar refractivity (Wildman–Crippen MR) is 88.2 cm³/mol. The summed E-state index contributed by atoms with van der Waals surface area (Å²) in [7, 11) is 1.64. The molecule has 126 valence electrons. The minimum atomic E-state index is -0.473. The fourth-order valence-corrected chi connectivity index (χ4v) is 3.81. The fraction of sp³-hybridized carbons (Fsp3) is 0.611. The first kappa shape index (κ1) is 16.4. The molecular formula is C18H26N2O3.